The zero-order valence-electron chi connectivity index (χ0n) is 17.6. The van der Waals surface area contributed by atoms with Crippen LogP contribution in [0.3, 0.4) is 0 Å². The number of ether oxygens (including phenoxy) is 3. The molecule has 5 atom stereocenters. The van der Waals surface area contributed by atoms with Gasteiger partial charge in [0.15, 0.2) is 0 Å². The second kappa shape index (κ2) is 9.86. The minimum Gasteiger partial charge on any atom is -0.461 e. The number of aliphatic hydroxyl groups excluding tert-OH is 2. The summed E-state index contributed by atoms with van der Waals surface area (Å²) in [7, 11) is 0. The minimum atomic E-state index is -1.27. The highest BCUT2D eigenvalue weighted by Crippen LogP contribution is 2.36. The van der Waals surface area contributed by atoms with Crippen LogP contribution >= 0.6 is 0 Å². The fourth-order valence-corrected chi connectivity index (χ4v) is 3.34. The standard InChI is InChI=1S/C22H28O8/c1-6-15(10-28-14(5)23)22(27)30-20-18-13(4)21(26)29-17(18)9-12(3)16(24)8-7-11(2)19(20)25/h6-7,9,16-20,24-25H,4,8,10H2,1-3,5H3/b11-7+,12-9-,15-6+/t16-,17-,18+,19-,20-/m1/s1. The van der Waals surface area contributed by atoms with E-state index in [0.29, 0.717) is 11.1 Å². The highest BCUT2D eigenvalue weighted by atomic mass is 16.6. The molecule has 0 amide bonds. The maximum absolute atomic E-state index is 12.7. The minimum absolute atomic E-state index is 0.0609. The van der Waals surface area contributed by atoms with Crippen molar-refractivity contribution in [3.63, 3.8) is 0 Å². The molecular formula is C22H28O8. The lowest BCUT2D eigenvalue weighted by Gasteiger charge is -2.31. The average Bonchev–Trinajstić information content (AvgIpc) is 2.96. The van der Waals surface area contributed by atoms with E-state index in [2.05, 4.69) is 6.58 Å². The Kier molecular flexibility index (Phi) is 7.75. The first-order valence-electron chi connectivity index (χ1n) is 9.67. The van der Waals surface area contributed by atoms with Gasteiger partial charge in [-0.1, -0.05) is 18.7 Å². The van der Waals surface area contributed by atoms with Gasteiger partial charge in [0.1, 0.15) is 24.9 Å². The van der Waals surface area contributed by atoms with Gasteiger partial charge < -0.3 is 24.4 Å². The lowest BCUT2D eigenvalue weighted by atomic mass is 9.83. The molecule has 0 aromatic heterocycles. The van der Waals surface area contributed by atoms with E-state index in [-0.39, 0.29) is 24.2 Å². The third-order valence-electron chi connectivity index (χ3n) is 5.29. The van der Waals surface area contributed by atoms with E-state index in [0.717, 1.165) is 0 Å². The lowest BCUT2D eigenvalue weighted by Crippen LogP contribution is -2.43. The van der Waals surface area contributed by atoms with E-state index < -0.39 is 48.2 Å². The molecule has 1 aliphatic carbocycles. The van der Waals surface area contributed by atoms with Gasteiger partial charge in [-0.2, -0.15) is 0 Å². The molecule has 0 aromatic rings. The molecule has 1 saturated heterocycles. The Labute approximate surface area is 175 Å². The van der Waals surface area contributed by atoms with Crippen molar-refractivity contribution in [2.45, 2.75) is 58.5 Å². The fourth-order valence-electron chi connectivity index (χ4n) is 3.34. The molecule has 2 rings (SSSR count). The van der Waals surface area contributed by atoms with Gasteiger partial charge >= 0.3 is 17.9 Å². The van der Waals surface area contributed by atoms with Gasteiger partial charge in [-0.05, 0) is 44.4 Å². The van der Waals surface area contributed by atoms with Gasteiger partial charge in [0.2, 0.25) is 0 Å². The van der Waals surface area contributed by atoms with Crippen LogP contribution in [0.2, 0.25) is 0 Å². The van der Waals surface area contributed by atoms with Crippen LogP contribution in [-0.4, -0.2) is 59.1 Å². The quantitative estimate of drug-likeness (QED) is 0.304. The predicted octanol–water partition coefficient (Wildman–Crippen LogP) is 1.52. The molecule has 164 valence electrons. The van der Waals surface area contributed by atoms with Crippen molar-refractivity contribution in [3.8, 4) is 0 Å². The van der Waals surface area contributed by atoms with Gasteiger partial charge in [0.05, 0.1) is 17.6 Å². The first-order valence-corrected chi connectivity index (χ1v) is 9.67. The number of esters is 3. The van der Waals surface area contributed by atoms with E-state index in [9.17, 15) is 24.6 Å². The number of rotatable bonds is 4. The Hall–Kier alpha value is -2.71. The number of carbonyl (C=O) groups is 3. The summed E-state index contributed by atoms with van der Waals surface area (Å²) >= 11 is 0. The summed E-state index contributed by atoms with van der Waals surface area (Å²) in [5, 5.41) is 21.2. The summed E-state index contributed by atoms with van der Waals surface area (Å²) in [5.74, 6) is -2.86. The normalized spacial score (nSPS) is 33.4. The Morgan fingerprint density at radius 1 is 1.30 bits per heavy atom. The summed E-state index contributed by atoms with van der Waals surface area (Å²) in [5.41, 5.74) is 1.20. The molecule has 2 N–H and O–H groups in total. The van der Waals surface area contributed by atoms with Crippen LogP contribution in [-0.2, 0) is 28.6 Å². The number of fused-ring (bicyclic) bond motifs is 1. The van der Waals surface area contributed by atoms with E-state index in [1.54, 1.807) is 32.9 Å². The van der Waals surface area contributed by atoms with Crippen molar-refractivity contribution < 1.29 is 38.8 Å². The van der Waals surface area contributed by atoms with Crippen molar-refractivity contribution in [1.82, 2.24) is 0 Å². The van der Waals surface area contributed by atoms with Crippen LogP contribution in [0.1, 0.15) is 34.1 Å². The number of aliphatic hydroxyl groups is 2. The maximum Gasteiger partial charge on any atom is 0.337 e. The molecule has 1 fully saturated rings. The predicted molar refractivity (Wildman–Crippen MR) is 107 cm³/mol. The summed E-state index contributed by atoms with van der Waals surface area (Å²) in [6.45, 7) is 9.64. The van der Waals surface area contributed by atoms with Gasteiger partial charge in [-0.3, -0.25) is 4.79 Å². The molecule has 1 aliphatic heterocycles. The third kappa shape index (κ3) is 5.25. The average molecular weight is 420 g/mol. The van der Waals surface area contributed by atoms with Crippen molar-refractivity contribution >= 4 is 17.9 Å². The van der Waals surface area contributed by atoms with Crippen LogP contribution in [0, 0.1) is 5.92 Å². The van der Waals surface area contributed by atoms with Crippen molar-refractivity contribution in [2.75, 3.05) is 6.61 Å². The van der Waals surface area contributed by atoms with Crippen LogP contribution in [0.5, 0.6) is 0 Å². The first kappa shape index (κ1) is 23.6. The van der Waals surface area contributed by atoms with Crippen molar-refractivity contribution in [3.05, 3.63) is 47.1 Å². The second-order valence-electron chi connectivity index (χ2n) is 7.44. The third-order valence-corrected chi connectivity index (χ3v) is 5.29. The Bertz CT molecular complexity index is 819. The summed E-state index contributed by atoms with van der Waals surface area (Å²) in [6.07, 6.45) is 0.821. The molecule has 0 bridgehead atoms. The largest absolute Gasteiger partial charge is 0.461 e. The molecule has 0 saturated carbocycles. The van der Waals surface area contributed by atoms with Crippen molar-refractivity contribution in [2.24, 2.45) is 5.92 Å². The zero-order valence-corrected chi connectivity index (χ0v) is 17.6. The van der Waals surface area contributed by atoms with Gasteiger partial charge in [0, 0.05) is 12.5 Å². The van der Waals surface area contributed by atoms with E-state index in [1.807, 2.05) is 0 Å². The molecule has 30 heavy (non-hydrogen) atoms. The Balaban J connectivity index is 2.42. The molecule has 0 aromatic carbocycles. The van der Waals surface area contributed by atoms with Crippen LogP contribution < -0.4 is 0 Å². The smallest absolute Gasteiger partial charge is 0.337 e. The SMILES string of the molecule is C=C1C(=O)O[C@@H]2/C=C(/C)[C@H](O)C/C=C(\C)[C@@H](O)[C@H](OC(=O)/C(=C/C)COC(C)=O)[C@@H]12. The van der Waals surface area contributed by atoms with Gasteiger partial charge in [-0.25, -0.2) is 9.59 Å². The van der Waals surface area contributed by atoms with Crippen molar-refractivity contribution in [1.29, 1.82) is 0 Å². The second-order valence-corrected chi connectivity index (χ2v) is 7.44. The summed E-state index contributed by atoms with van der Waals surface area (Å²) in [6, 6.07) is 0. The molecule has 1 heterocycles. The molecule has 8 heteroatoms. The van der Waals surface area contributed by atoms with Gasteiger partial charge in [-0.15, -0.1) is 0 Å². The molecule has 2 aliphatic rings. The first-order chi connectivity index (χ1) is 14.1. The van der Waals surface area contributed by atoms with Crippen LogP contribution in [0.25, 0.3) is 0 Å². The maximum atomic E-state index is 12.7. The van der Waals surface area contributed by atoms with Crippen LogP contribution in [0.15, 0.2) is 47.1 Å². The lowest BCUT2D eigenvalue weighted by molar-refractivity contribution is -0.154. The van der Waals surface area contributed by atoms with Gasteiger partial charge in [0.25, 0.3) is 0 Å². The fraction of sp³-hybridized carbons (Fsp3) is 0.500. The monoisotopic (exact) mass is 420 g/mol. The van der Waals surface area contributed by atoms with E-state index in [4.69, 9.17) is 14.2 Å². The number of allylic oxidation sites excluding steroid dienone is 1. The zero-order chi connectivity index (χ0) is 22.6. The van der Waals surface area contributed by atoms with E-state index >= 15 is 0 Å². The molecular weight excluding hydrogens is 392 g/mol. The summed E-state index contributed by atoms with van der Waals surface area (Å²) in [4.78, 5) is 36.0. The molecule has 0 unspecified atom stereocenters. The number of carbonyl (C=O) groups excluding carboxylic acids is 3. The highest BCUT2D eigenvalue weighted by molar-refractivity contribution is 5.92. The molecule has 8 nitrogen and oxygen atoms in total. The van der Waals surface area contributed by atoms with E-state index in [1.165, 1.54) is 13.0 Å². The number of hydrogen-bond donors (Lipinski definition) is 2. The van der Waals surface area contributed by atoms with Crippen LogP contribution in [0.4, 0.5) is 0 Å². The Morgan fingerprint density at radius 2 is 1.97 bits per heavy atom. The summed E-state index contributed by atoms with van der Waals surface area (Å²) < 4.78 is 15.8. The topological polar surface area (TPSA) is 119 Å². The molecule has 0 spiro atoms. The highest BCUT2D eigenvalue weighted by Gasteiger charge is 2.47. The Morgan fingerprint density at radius 3 is 2.57 bits per heavy atom. The number of hydrogen-bond acceptors (Lipinski definition) is 8. The molecule has 0 radical (unpaired) electrons.